The summed E-state index contributed by atoms with van der Waals surface area (Å²) in [6.45, 7) is 0. The summed E-state index contributed by atoms with van der Waals surface area (Å²) < 4.78 is 23.8. The Bertz CT molecular complexity index is 391. The van der Waals surface area contributed by atoms with Crippen molar-refractivity contribution in [3.8, 4) is 6.19 Å². The largest absolute Gasteiger partial charge is 0.270 e. The Hall–Kier alpha value is -1.54. The summed E-state index contributed by atoms with van der Waals surface area (Å²) >= 11 is 0. The van der Waals surface area contributed by atoms with E-state index in [1.165, 1.54) is 18.3 Å². The third-order valence-electron chi connectivity index (χ3n) is 1.15. The van der Waals surface area contributed by atoms with Gasteiger partial charge in [-0.2, -0.15) is 5.26 Å². The molecule has 1 aromatic carbocycles. The number of hydrogen-bond donors (Lipinski definition) is 1. The molecule has 0 saturated carbocycles. The fourth-order valence-electron chi connectivity index (χ4n) is 0.659. The van der Waals surface area contributed by atoms with E-state index in [9.17, 15) is 8.42 Å². The third kappa shape index (κ3) is 1.74. The molecule has 0 amide bonds. The Labute approximate surface area is 70.5 Å². The number of nitrogens with zero attached hydrogens (tertiary/aromatic N) is 1. The van der Waals surface area contributed by atoms with Crippen LogP contribution in [0.5, 0.6) is 0 Å². The van der Waals surface area contributed by atoms with Crippen molar-refractivity contribution < 1.29 is 8.42 Å². The standard InChI is InChI=1S/C7H5N2O2S/c8-6-9-12(10,11)7-4-2-1-3-5-7/h1-4,9H. The lowest BCUT2D eigenvalue weighted by Crippen LogP contribution is -2.17. The van der Waals surface area contributed by atoms with Crippen LogP contribution in [-0.4, -0.2) is 8.42 Å². The van der Waals surface area contributed by atoms with Gasteiger partial charge in [0.05, 0.1) is 4.90 Å². The van der Waals surface area contributed by atoms with Crippen LogP contribution in [-0.2, 0) is 10.0 Å². The van der Waals surface area contributed by atoms with Gasteiger partial charge in [0.15, 0.2) is 6.19 Å². The first-order chi connectivity index (χ1) is 5.67. The number of rotatable bonds is 2. The predicted molar refractivity (Wildman–Crippen MR) is 41.2 cm³/mol. The van der Waals surface area contributed by atoms with Gasteiger partial charge in [0.2, 0.25) is 0 Å². The molecule has 61 valence electrons. The first-order valence-corrected chi connectivity index (χ1v) is 4.53. The highest BCUT2D eigenvalue weighted by Gasteiger charge is 2.11. The molecule has 0 heterocycles. The van der Waals surface area contributed by atoms with E-state index in [2.05, 4.69) is 6.07 Å². The highest BCUT2D eigenvalue weighted by Crippen LogP contribution is 2.04. The van der Waals surface area contributed by atoms with E-state index in [1.807, 2.05) is 0 Å². The van der Waals surface area contributed by atoms with Crippen molar-refractivity contribution in [2.45, 2.75) is 4.90 Å². The van der Waals surface area contributed by atoms with E-state index in [-0.39, 0.29) is 4.90 Å². The average molecular weight is 181 g/mol. The summed E-state index contributed by atoms with van der Waals surface area (Å²) in [5, 5.41) is 8.11. The fraction of sp³-hybridized carbons (Fsp3) is 0. The minimum absolute atomic E-state index is 0.0356. The summed E-state index contributed by atoms with van der Waals surface area (Å²) in [5.74, 6) is 0. The maximum atomic E-state index is 11.1. The van der Waals surface area contributed by atoms with Gasteiger partial charge >= 0.3 is 0 Å². The van der Waals surface area contributed by atoms with Crippen molar-refractivity contribution in [1.29, 1.82) is 5.26 Å². The summed E-state index contributed by atoms with van der Waals surface area (Å²) in [7, 11) is -3.68. The molecule has 0 aliphatic rings. The normalized spacial score (nSPS) is 10.2. The minimum Gasteiger partial charge on any atom is -0.215 e. The van der Waals surface area contributed by atoms with Crippen molar-refractivity contribution in [1.82, 2.24) is 4.72 Å². The second kappa shape index (κ2) is 3.24. The fourth-order valence-corrected chi connectivity index (χ4v) is 1.37. The molecule has 0 unspecified atom stereocenters. The predicted octanol–water partition coefficient (Wildman–Crippen LogP) is 0.246. The molecule has 1 N–H and O–H groups in total. The van der Waals surface area contributed by atoms with Crippen molar-refractivity contribution in [2.24, 2.45) is 0 Å². The molecule has 0 saturated heterocycles. The molecule has 0 aliphatic heterocycles. The zero-order valence-electron chi connectivity index (χ0n) is 5.98. The number of benzene rings is 1. The zero-order chi connectivity index (χ0) is 9.03. The third-order valence-corrected chi connectivity index (χ3v) is 2.34. The first kappa shape index (κ1) is 8.56. The monoisotopic (exact) mass is 181 g/mol. The zero-order valence-corrected chi connectivity index (χ0v) is 6.80. The second-order valence-electron chi connectivity index (χ2n) is 1.94. The van der Waals surface area contributed by atoms with Gasteiger partial charge in [-0.05, 0) is 6.07 Å². The highest BCUT2D eigenvalue weighted by atomic mass is 32.2. The van der Waals surface area contributed by atoms with Crippen molar-refractivity contribution in [3.63, 3.8) is 0 Å². The number of hydrogen-bond acceptors (Lipinski definition) is 3. The molecule has 12 heavy (non-hydrogen) atoms. The molecule has 0 aromatic heterocycles. The summed E-state index contributed by atoms with van der Waals surface area (Å²) in [4.78, 5) is -0.0356. The summed E-state index contributed by atoms with van der Waals surface area (Å²) in [6, 6.07) is 8.52. The molecular formula is C7H5N2O2S. The van der Waals surface area contributed by atoms with Crippen LogP contribution in [0.1, 0.15) is 0 Å². The quantitative estimate of drug-likeness (QED) is 0.525. The van der Waals surface area contributed by atoms with E-state index in [1.54, 1.807) is 16.9 Å². The maximum Gasteiger partial charge on any atom is 0.270 e. The Morgan fingerprint density at radius 3 is 2.75 bits per heavy atom. The minimum atomic E-state index is -3.68. The molecule has 1 aromatic rings. The van der Waals surface area contributed by atoms with Crippen LogP contribution < -0.4 is 4.72 Å². The Morgan fingerprint density at radius 1 is 1.50 bits per heavy atom. The van der Waals surface area contributed by atoms with Crippen LogP contribution in [0.15, 0.2) is 29.2 Å². The SMILES string of the molecule is N#CNS(=O)(=O)c1[c]cccc1. The topological polar surface area (TPSA) is 70.0 Å². The lowest BCUT2D eigenvalue weighted by molar-refractivity contribution is 0.591. The summed E-state index contributed by atoms with van der Waals surface area (Å²) in [6.07, 6.45) is 1.35. The van der Waals surface area contributed by atoms with Crippen molar-refractivity contribution in [2.75, 3.05) is 0 Å². The van der Waals surface area contributed by atoms with Crippen molar-refractivity contribution in [3.05, 3.63) is 30.3 Å². The molecule has 0 bridgehead atoms. The molecule has 0 aliphatic carbocycles. The number of nitrogens with one attached hydrogen (secondary N) is 1. The van der Waals surface area contributed by atoms with E-state index in [0.717, 1.165) is 0 Å². The molecule has 5 heteroatoms. The van der Waals surface area contributed by atoms with Gasteiger partial charge in [-0.15, -0.1) is 0 Å². The van der Waals surface area contributed by atoms with Gasteiger partial charge in [-0.3, -0.25) is 0 Å². The Balaban J connectivity index is 3.09. The number of sulfonamides is 1. The Kier molecular flexibility index (Phi) is 2.31. The van der Waals surface area contributed by atoms with Crippen molar-refractivity contribution >= 4 is 10.0 Å². The van der Waals surface area contributed by atoms with Crippen LogP contribution >= 0.6 is 0 Å². The van der Waals surface area contributed by atoms with Gasteiger partial charge in [0, 0.05) is 6.07 Å². The van der Waals surface area contributed by atoms with Gasteiger partial charge in [-0.25, -0.2) is 13.1 Å². The smallest absolute Gasteiger partial charge is 0.215 e. The summed E-state index contributed by atoms with van der Waals surface area (Å²) in [5.41, 5.74) is 0. The van der Waals surface area contributed by atoms with Crippen LogP contribution in [0, 0.1) is 17.5 Å². The molecule has 0 fully saturated rings. The Morgan fingerprint density at radius 2 is 2.25 bits per heavy atom. The average Bonchev–Trinajstić information content (AvgIpc) is 2.06. The van der Waals surface area contributed by atoms with E-state index in [0.29, 0.717) is 0 Å². The molecule has 0 spiro atoms. The van der Waals surface area contributed by atoms with Gasteiger partial charge in [-0.1, -0.05) is 18.2 Å². The van der Waals surface area contributed by atoms with Crippen LogP contribution in [0.4, 0.5) is 0 Å². The van der Waals surface area contributed by atoms with Crippen LogP contribution in [0.3, 0.4) is 0 Å². The van der Waals surface area contributed by atoms with Crippen LogP contribution in [0.25, 0.3) is 0 Å². The molecule has 1 rings (SSSR count). The van der Waals surface area contributed by atoms with Gasteiger partial charge < -0.3 is 0 Å². The highest BCUT2D eigenvalue weighted by molar-refractivity contribution is 7.89. The van der Waals surface area contributed by atoms with Gasteiger partial charge in [0.25, 0.3) is 10.0 Å². The maximum absolute atomic E-state index is 11.1. The van der Waals surface area contributed by atoms with E-state index in [4.69, 9.17) is 5.26 Å². The lowest BCUT2D eigenvalue weighted by Gasteiger charge is -1.97. The lowest BCUT2D eigenvalue weighted by atomic mass is 10.4. The molecule has 1 radical (unpaired) electrons. The van der Waals surface area contributed by atoms with E-state index < -0.39 is 10.0 Å². The van der Waals surface area contributed by atoms with Crippen LogP contribution in [0.2, 0.25) is 0 Å². The number of nitriles is 1. The molecule has 4 nitrogen and oxygen atoms in total. The first-order valence-electron chi connectivity index (χ1n) is 3.04. The molecular weight excluding hydrogens is 176 g/mol. The van der Waals surface area contributed by atoms with Gasteiger partial charge in [0.1, 0.15) is 0 Å². The van der Waals surface area contributed by atoms with E-state index >= 15 is 0 Å². The second-order valence-corrected chi connectivity index (χ2v) is 3.59. The molecule has 0 atom stereocenters.